The van der Waals surface area contributed by atoms with Gasteiger partial charge in [-0.3, -0.25) is 4.79 Å². The summed E-state index contributed by atoms with van der Waals surface area (Å²) in [5.41, 5.74) is 0. The molecule has 2 unspecified atom stereocenters. The number of sulfone groups is 1. The Bertz CT molecular complexity index is 661. The lowest BCUT2D eigenvalue weighted by Crippen LogP contribution is -2.45. The molecule has 142 valence electrons. The van der Waals surface area contributed by atoms with Crippen molar-refractivity contribution in [2.75, 3.05) is 25.4 Å². The van der Waals surface area contributed by atoms with Crippen molar-refractivity contribution in [1.82, 2.24) is 10.2 Å². The van der Waals surface area contributed by atoms with Gasteiger partial charge in [-0.1, -0.05) is 13.8 Å². The van der Waals surface area contributed by atoms with Crippen LogP contribution >= 0.6 is 12.4 Å². The van der Waals surface area contributed by atoms with Gasteiger partial charge < -0.3 is 10.2 Å². The van der Waals surface area contributed by atoms with Gasteiger partial charge in [-0.15, -0.1) is 12.4 Å². The summed E-state index contributed by atoms with van der Waals surface area (Å²) in [5.74, 6) is -1.51. The molecule has 5 nitrogen and oxygen atoms in total. The highest BCUT2D eigenvalue weighted by molar-refractivity contribution is 7.91. The zero-order chi connectivity index (χ0) is 17.7. The van der Waals surface area contributed by atoms with Crippen LogP contribution in [0.1, 0.15) is 26.7 Å². The minimum Gasteiger partial charge on any atom is -0.338 e. The number of hydrogen-bond acceptors (Lipinski definition) is 4. The molecule has 1 aliphatic rings. The SMILES string of the molecule is CCCN(C(=O)C(C)CS(=O)(=O)c1ccc(F)cc1)C1CCNC1.Cl. The predicted molar refractivity (Wildman–Crippen MR) is 98.1 cm³/mol. The third-order valence-corrected chi connectivity index (χ3v) is 6.22. The van der Waals surface area contributed by atoms with Crippen molar-refractivity contribution in [3.05, 3.63) is 30.1 Å². The molecule has 1 amide bonds. The second-order valence-corrected chi connectivity index (χ2v) is 8.35. The molecule has 0 aromatic heterocycles. The Kier molecular flexibility index (Phi) is 8.31. The van der Waals surface area contributed by atoms with Crippen molar-refractivity contribution < 1.29 is 17.6 Å². The molecule has 1 aromatic rings. The molecule has 0 saturated carbocycles. The van der Waals surface area contributed by atoms with E-state index in [4.69, 9.17) is 0 Å². The highest BCUT2D eigenvalue weighted by Crippen LogP contribution is 2.19. The standard InChI is InChI=1S/C17H25FN2O3S.ClH/c1-3-10-20(15-8-9-19-11-15)17(21)13(2)12-24(22,23)16-6-4-14(18)5-7-16;/h4-7,13,15,19H,3,8-12H2,1-2H3;1H. The molecule has 0 spiro atoms. The minimum absolute atomic E-state index is 0. The van der Waals surface area contributed by atoms with E-state index in [1.165, 1.54) is 12.1 Å². The number of rotatable bonds is 7. The van der Waals surface area contributed by atoms with Crippen molar-refractivity contribution in [2.45, 2.75) is 37.6 Å². The number of hydrogen-bond donors (Lipinski definition) is 1. The molecule has 0 radical (unpaired) electrons. The lowest BCUT2D eigenvalue weighted by atomic mass is 10.1. The predicted octanol–water partition coefficient (Wildman–Crippen LogP) is 2.26. The molecule has 1 saturated heterocycles. The first-order valence-electron chi connectivity index (χ1n) is 8.34. The normalized spacial score (nSPS) is 18.4. The summed E-state index contributed by atoms with van der Waals surface area (Å²) in [4.78, 5) is 14.6. The van der Waals surface area contributed by atoms with E-state index in [1.54, 1.807) is 6.92 Å². The Balaban J connectivity index is 0.00000312. The summed E-state index contributed by atoms with van der Waals surface area (Å²) in [6, 6.07) is 4.85. The van der Waals surface area contributed by atoms with E-state index in [0.717, 1.165) is 38.1 Å². The summed E-state index contributed by atoms with van der Waals surface area (Å²) in [7, 11) is -3.62. The summed E-state index contributed by atoms with van der Waals surface area (Å²) in [6.07, 6.45) is 1.73. The third kappa shape index (κ3) is 5.66. The first kappa shape index (κ1) is 21.9. The fourth-order valence-corrected chi connectivity index (χ4v) is 4.58. The number of nitrogens with one attached hydrogen (secondary N) is 1. The van der Waals surface area contributed by atoms with Crippen LogP contribution in [0.2, 0.25) is 0 Å². The van der Waals surface area contributed by atoms with Gasteiger partial charge in [-0.2, -0.15) is 0 Å². The lowest BCUT2D eigenvalue weighted by Gasteiger charge is -2.30. The van der Waals surface area contributed by atoms with Gasteiger partial charge in [-0.05, 0) is 43.7 Å². The fourth-order valence-electron chi connectivity index (χ4n) is 3.04. The monoisotopic (exact) mass is 392 g/mol. The second-order valence-electron chi connectivity index (χ2n) is 6.31. The second kappa shape index (κ2) is 9.50. The van der Waals surface area contributed by atoms with Gasteiger partial charge in [0.25, 0.3) is 0 Å². The largest absolute Gasteiger partial charge is 0.338 e. The molecule has 1 N–H and O–H groups in total. The van der Waals surface area contributed by atoms with Crippen LogP contribution in [0.15, 0.2) is 29.2 Å². The van der Waals surface area contributed by atoms with Gasteiger partial charge in [0.15, 0.2) is 9.84 Å². The van der Waals surface area contributed by atoms with Gasteiger partial charge in [0.1, 0.15) is 5.82 Å². The molecule has 2 atom stereocenters. The maximum absolute atomic E-state index is 13.0. The number of halogens is 2. The van der Waals surface area contributed by atoms with Crippen LogP contribution in [0, 0.1) is 11.7 Å². The molecule has 8 heteroatoms. The van der Waals surface area contributed by atoms with E-state index >= 15 is 0 Å². The molecular weight excluding hydrogens is 367 g/mol. The fraction of sp³-hybridized carbons (Fsp3) is 0.588. The average Bonchev–Trinajstić information content (AvgIpc) is 3.06. The zero-order valence-corrected chi connectivity index (χ0v) is 16.2. The van der Waals surface area contributed by atoms with Crippen molar-refractivity contribution >= 4 is 28.2 Å². The Hall–Kier alpha value is -1.18. The molecule has 1 aromatic carbocycles. The third-order valence-electron chi connectivity index (χ3n) is 4.29. The quantitative estimate of drug-likeness (QED) is 0.723. The minimum atomic E-state index is -3.62. The number of carbonyl (C=O) groups excluding carboxylic acids is 1. The van der Waals surface area contributed by atoms with Crippen LogP contribution in [-0.4, -0.2) is 50.7 Å². The Morgan fingerprint density at radius 1 is 1.36 bits per heavy atom. The van der Waals surface area contributed by atoms with Crippen molar-refractivity contribution in [2.24, 2.45) is 5.92 Å². The molecule has 1 fully saturated rings. The molecular formula is C17H26ClFN2O3S. The zero-order valence-electron chi connectivity index (χ0n) is 14.6. The van der Waals surface area contributed by atoms with Crippen LogP contribution < -0.4 is 5.32 Å². The Morgan fingerprint density at radius 2 is 2.00 bits per heavy atom. The van der Waals surface area contributed by atoms with Crippen LogP contribution in [0.4, 0.5) is 4.39 Å². The van der Waals surface area contributed by atoms with E-state index in [0.29, 0.717) is 6.54 Å². The molecule has 0 aliphatic carbocycles. The molecule has 25 heavy (non-hydrogen) atoms. The van der Waals surface area contributed by atoms with Crippen molar-refractivity contribution in [3.63, 3.8) is 0 Å². The summed E-state index contributed by atoms with van der Waals surface area (Å²) >= 11 is 0. The maximum atomic E-state index is 13.0. The Morgan fingerprint density at radius 3 is 2.52 bits per heavy atom. The van der Waals surface area contributed by atoms with Gasteiger partial charge in [-0.25, -0.2) is 12.8 Å². The maximum Gasteiger partial charge on any atom is 0.226 e. The highest BCUT2D eigenvalue weighted by atomic mass is 35.5. The number of amides is 1. The Labute approximate surface area is 155 Å². The van der Waals surface area contributed by atoms with Crippen LogP contribution in [0.5, 0.6) is 0 Å². The smallest absolute Gasteiger partial charge is 0.226 e. The van der Waals surface area contributed by atoms with E-state index < -0.39 is 21.6 Å². The number of benzene rings is 1. The average molecular weight is 393 g/mol. The van der Waals surface area contributed by atoms with Crippen LogP contribution in [-0.2, 0) is 14.6 Å². The van der Waals surface area contributed by atoms with Gasteiger partial charge in [0, 0.05) is 25.0 Å². The van der Waals surface area contributed by atoms with Crippen LogP contribution in [0.25, 0.3) is 0 Å². The summed E-state index contributed by atoms with van der Waals surface area (Å²) in [5, 5.41) is 3.24. The summed E-state index contributed by atoms with van der Waals surface area (Å²) in [6.45, 7) is 5.91. The first-order valence-corrected chi connectivity index (χ1v) is 10.00. The van der Waals surface area contributed by atoms with Crippen molar-refractivity contribution in [3.8, 4) is 0 Å². The van der Waals surface area contributed by atoms with Gasteiger partial charge in [0.2, 0.25) is 5.91 Å². The van der Waals surface area contributed by atoms with E-state index in [2.05, 4.69) is 5.32 Å². The number of nitrogens with zero attached hydrogens (tertiary/aromatic N) is 1. The number of carbonyl (C=O) groups is 1. The summed E-state index contributed by atoms with van der Waals surface area (Å²) < 4.78 is 37.9. The topological polar surface area (TPSA) is 66.5 Å². The van der Waals surface area contributed by atoms with Crippen LogP contribution in [0.3, 0.4) is 0 Å². The van der Waals surface area contributed by atoms with Crippen molar-refractivity contribution in [1.29, 1.82) is 0 Å². The van der Waals surface area contributed by atoms with Gasteiger partial charge >= 0.3 is 0 Å². The highest BCUT2D eigenvalue weighted by Gasteiger charge is 2.31. The lowest BCUT2D eigenvalue weighted by molar-refractivity contribution is -0.136. The van der Waals surface area contributed by atoms with E-state index in [1.807, 2.05) is 11.8 Å². The first-order chi connectivity index (χ1) is 11.3. The molecule has 1 aliphatic heterocycles. The van der Waals surface area contributed by atoms with E-state index in [9.17, 15) is 17.6 Å². The molecule has 1 heterocycles. The molecule has 0 bridgehead atoms. The van der Waals surface area contributed by atoms with E-state index in [-0.39, 0.29) is 35.0 Å². The molecule has 2 rings (SSSR count). The van der Waals surface area contributed by atoms with Gasteiger partial charge in [0.05, 0.1) is 10.6 Å².